The molecule has 0 unspecified atom stereocenters. The SMILES string of the molecule is N#CCCn1c(=O)n(-c2cncc(F)c2)c(=O)c2sc(Br)cc21. The first kappa shape index (κ1) is 15.6. The van der Waals surface area contributed by atoms with E-state index in [-0.39, 0.29) is 18.7 Å². The fraction of sp³-hybridized carbons (Fsp3) is 0.143. The molecule has 3 aromatic heterocycles. The van der Waals surface area contributed by atoms with Crippen LogP contribution in [0.15, 0.2) is 37.9 Å². The van der Waals surface area contributed by atoms with Crippen molar-refractivity contribution in [2.24, 2.45) is 0 Å². The molecular formula is C14H8BrFN4O2S. The van der Waals surface area contributed by atoms with Gasteiger partial charge in [-0.3, -0.25) is 14.3 Å². The number of fused-ring (bicyclic) bond motifs is 1. The van der Waals surface area contributed by atoms with Crippen LogP contribution in [0.2, 0.25) is 0 Å². The Hall–Kier alpha value is -2.31. The zero-order chi connectivity index (χ0) is 16.6. The van der Waals surface area contributed by atoms with Gasteiger partial charge in [0.25, 0.3) is 5.56 Å². The Morgan fingerprint density at radius 3 is 2.83 bits per heavy atom. The van der Waals surface area contributed by atoms with Crippen LogP contribution in [0.4, 0.5) is 4.39 Å². The molecule has 0 atom stereocenters. The molecule has 0 aliphatic carbocycles. The average molecular weight is 395 g/mol. The molecule has 0 saturated carbocycles. The van der Waals surface area contributed by atoms with E-state index in [1.165, 1.54) is 22.1 Å². The molecule has 0 N–H and O–H groups in total. The highest BCUT2D eigenvalue weighted by Crippen LogP contribution is 2.26. The second-order valence-corrected chi connectivity index (χ2v) is 7.04. The van der Waals surface area contributed by atoms with E-state index >= 15 is 0 Å². The molecule has 0 aromatic carbocycles. The number of nitriles is 1. The van der Waals surface area contributed by atoms with Gasteiger partial charge in [-0.05, 0) is 22.0 Å². The summed E-state index contributed by atoms with van der Waals surface area (Å²) in [6.07, 6.45) is 2.35. The van der Waals surface area contributed by atoms with Crippen molar-refractivity contribution in [2.75, 3.05) is 0 Å². The maximum atomic E-state index is 13.4. The maximum Gasteiger partial charge on any atom is 0.336 e. The monoisotopic (exact) mass is 394 g/mol. The van der Waals surface area contributed by atoms with Gasteiger partial charge in [-0.2, -0.15) is 5.26 Å². The molecule has 0 radical (unpaired) electrons. The van der Waals surface area contributed by atoms with Gasteiger partial charge in [0.15, 0.2) is 0 Å². The van der Waals surface area contributed by atoms with Gasteiger partial charge < -0.3 is 0 Å². The van der Waals surface area contributed by atoms with Gasteiger partial charge in [-0.15, -0.1) is 11.3 Å². The number of hydrogen-bond acceptors (Lipinski definition) is 5. The number of aryl methyl sites for hydroxylation is 1. The van der Waals surface area contributed by atoms with Crippen molar-refractivity contribution in [3.8, 4) is 11.8 Å². The third kappa shape index (κ3) is 2.71. The molecule has 3 rings (SSSR count). The second kappa shape index (κ2) is 6.06. The van der Waals surface area contributed by atoms with E-state index in [0.29, 0.717) is 14.0 Å². The largest absolute Gasteiger partial charge is 0.336 e. The third-order valence-corrected chi connectivity index (χ3v) is 4.80. The van der Waals surface area contributed by atoms with E-state index in [2.05, 4.69) is 20.9 Å². The van der Waals surface area contributed by atoms with Crippen molar-refractivity contribution in [1.29, 1.82) is 5.26 Å². The molecule has 6 nitrogen and oxygen atoms in total. The van der Waals surface area contributed by atoms with Gasteiger partial charge >= 0.3 is 5.69 Å². The van der Waals surface area contributed by atoms with E-state index in [1.807, 2.05) is 6.07 Å². The van der Waals surface area contributed by atoms with Gasteiger partial charge in [0, 0.05) is 12.6 Å². The number of rotatable bonds is 3. The van der Waals surface area contributed by atoms with Crippen molar-refractivity contribution in [1.82, 2.24) is 14.1 Å². The molecule has 23 heavy (non-hydrogen) atoms. The van der Waals surface area contributed by atoms with Crippen LogP contribution in [0.1, 0.15) is 6.42 Å². The predicted molar refractivity (Wildman–Crippen MR) is 87.4 cm³/mol. The number of nitrogens with zero attached hydrogens (tertiary/aromatic N) is 4. The zero-order valence-corrected chi connectivity index (χ0v) is 13.9. The zero-order valence-electron chi connectivity index (χ0n) is 11.5. The Bertz CT molecular complexity index is 1060. The van der Waals surface area contributed by atoms with E-state index in [0.717, 1.165) is 16.8 Å². The topological polar surface area (TPSA) is 80.7 Å². The number of thiophene rings is 1. The average Bonchev–Trinajstić information content (AvgIpc) is 2.89. The summed E-state index contributed by atoms with van der Waals surface area (Å²) in [7, 11) is 0. The molecule has 116 valence electrons. The summed E-state index contributed by atoms with van der Waals surface area (Å²) in [6.45, 7) is 0.137. The molecule has 0 amide bonds. The smallest absolute Gasteiger partial charge is 0.291 e. The van der Waals surface area contributed by atoms with Crippen molar-refractivity contribution >= 4 is 37.5 Å². The standard InChI is InChI=1S/C14H8BrFN4O2S/c15-11-5-10-12(23-11)13(21)20(9-4-8(16)6-18-7-9)14(22)19(10)3-1-2-17/h4-7H,1,3H2. The summed E-state index contributed by atoms with van der Waals surface area (Å²) >= 11 is 4.47. The molecule has 0 aliphatic heterocycles. The molecule has 0 fully saturated rings. The molecule has 3 heterocycles. The molecule has 9 heteroatoms. The summed E-state index contributed by atoms with van der Waals surface area (Å²) in [4.78, 5) is 29.0. The van der Waals surface area contributed by atoms with E-state index in [4.69, 9.17) is 5.26 Å². The molecule has 0 spiro atoms. The number of hydrogen-bond donors (Lipinski definition) is 0. The van der Waals surface area contributed by atoms with Gasteiger partial charge in [0.05, 0.1) is 39.9 Å². The lowest BCUT2D eigenvalue weighted by Gasteiger charge is -2.10. The van der Waals surface area contributed by atoms with Gasteiger partial charge in [-0.1, -0.05) is 0 Å². The van der Waals surface area contributed by atoms with Gasteiger partial charge in [0.2, 0.25) is 0 Å². The molecule has 3 aromatic rings. The normalized spacial score (nSPS) is 10.8. The highest BCUT2D eigenvalue weighted by molar-refractivity contribution is 9.11. The summed E-state index contributed by atoms with van der Waals surface area (Å²) < 4.78 is 16.6. The fourth-order valence-corrected chi connectivity index (χ4v) is 3.77. The number of aromatic nitrogens is 3. The summed E-state index contributed by atoms with van der Waals surface area (Å²) in [5, 5.41) is 8.77. The number of halogens is 2. The Morgan fingerprint density at radius 2 is 2.13 bits per heavy atom. The van der Waals surface area contributed by atoms with Crippen LogP contribution >= 0.6 is 27.3 Å². The van der Waals surface area contributed by atoms with Gasteiger partial charge in [-0.25, -0.2) is 13.8 Å². The van der Waals surface area contributed by atoms with Gasteiger partial charge in [0.1, 0.15) is 10.5 Å². The Kier molecular flexibility index (Phi) is 4.11. The van der Waals surface area contributed by atoms with E-state index in [1.54, 1.807) is 6.07 Å². The van der Waals surface area contributed by atoms with Crippen LogP contribution in [-0.4, -0.2) is 14.1 Å². The highest BCUT2D eigenvalue weighted by Gasteiger charge is 2.17. The lowest BCUT2D eigenvalue weighted by Crippen LogP contribution is -2.38. The minimum atomic E-state index is -0.648. The predicted octanol–water partition coefficient (Wildman–Crippen LogP) is 2.42. The minimum Gasteiger partial charge on any atom is -0.291 e. The Labute approximate surface area is 141 Å². The molecule has 0 saturated heterocycles. The first-order valence-electron chi connectivity index (χ1n) is 6.45. The maximum absolute atomic E-state index is 13.4. The van der Waals surface area contributed by atoms with Crippen molar-refractivity contribution in [3.05, 3.63) is 55.0 Å². The van der Waals surface area contributed by atoms with Crippen molar-refractivity contribution in [3.63, 3.8) is 0 Å². The summed E-state index contributed by atoms with van der Waals surface area (Å²) in [5.41, 5.74) is -0.665. The molecule has 0 aliphatic rings. The van der Waals surface area contributed by atoms with Crippen LogP contribution in [0.3, 0.4) is 0 Å². The lowest BCUT2D eigenvalue weighted by molar-refractivity contribution is 0.616. The summed E-state index contributed by atoms with van der Waals surface area (Å²) in [6, 6.07) is 4.70. The van der Waals surface area contributed by atoms with Crippen molar-refractivity contribution in [2.45, 2.75) is 13.0 Å². The first-order chi connectivity index (χ1) is 11.0. The van der Waals surface area contributed by atoms with E-state index in [9.17, 15) is 14.0 Å². The Morgan fingerprint density at radius 1 is 1.35 bits per heavy atom. The van der Waals surface area contributed by atoms with E-state index < -0.39 is 17.1 Å². The highest BCUT2D eigenvalue weighted by atomic mass is 79.9. The fourth-order valence-electron chi connectivity index (χ4n) is 2.25. The second-order valence-electron chi connectivity index (χ2n) is 4.61. The van der Waals surface area contributed by atoms with Crippen LogP contribution in [-0.2, 0) is 6.54 Å². The molecular weight excluding hydrogens is 387 g/mol. The van der Waals surface area contributed by atoms with Crippen LogP contribution in [0.25, 0.3) is 15.9 Å². The quantitative estimate of drug-likeness (QED) is 0.682. The third-order valence-electron chi connectivity index (χ3n) is 3.19. The molecule has 0 bridgehead atoms. The number of pyridine rings is 1. The minimum absolute atomic E-state index is 0.0529. The lowest BCUT2D eigenvalue weighted by atomic mass is 10.3. The van der Waals surface area contributed by atoms with Crippen LogP contribution in [0, 0.1) is 17.1 Å². The Balaban J connectivity index is 2.41. The van der Waals surface area contributed by atoms with Crippen LogP contribution in [0.5, 0.6) is 0 Å². The summed E-state index contributed by atoms with van der Waals surface area (Å²) in [5.74, 6) is -0.648. The van der Waals surface area contributed by atoms with Crippen molar-refractivity contribution < 1.29 is 4.39 Å². The first-order valence-corrected chi connectivity index (χ1v) is 8.06. The van der Waals surface area contributed by atoms with Crippen LogP contribution < -0.4 is 11.2 Å².